The Bertz CT molecular complexity index is 1120. The number of pyridine rings is 1. The lowest BCUT2D eigenvalue weighted by Gasteiger charge is -2.14. The Morgan fingerprint density at radius 3 is 2.22 bits per heavy atom. The molecule has 7 nitrogen and oxygen atoms in total. The molecule has 0 fully saturated rings. The zero-order valence-electron chi connectivity index (χ0n) is 18.2. The van der Waals surface area contributed by atoms with E-state index >= 15 is 0 Å². The zero-order chi connectivity index (χ0) is 23.6. The number of hydrogen-bond donors (Lipinski definition) is 3. The van der Waals surface area contributed by atoms with Crippen LogP contribution in [0.4, 0.5) is 0 Å². The Morgan fingerprint density at radius 1 is 1.00 bits per heavy atom. The summed E-state index contributed by atoms with van der Waals surface area (Å²) >= 11 is 0. The van der Waals surface area contributed by atoms with E-state index in [1.165, 1.54) is 6.07 Å². The largest absolute Gasteiger partial charge is 0.478 e. The monoisotopic (exact) mass is 455 g/mol. The molecule has 170 valence electrons. The number of nitrogens with one attached hydrogen (secondary N) is 1. The summed E-state index contributed by atoms with van der Waals surface area (Å²) in [7, 11) is -3.39. The number of nitrogens with zero attached hydrogens (tertiary/aromatic N) is 1. The fourth-order valence-electron chi connectivity index (χ4n) is 2.88. The van der Waals surface area contributed by atoms with Crippen LogP contribution in [0.2, 0.25) is 0 Å². The molecule has 0 atom stereocenters. The molecule has 0 bridgehead atoms. The van der Waals surface area contributed by atoms with E-state index in [0.717, 1.165) is 17.7 Å². The number of sulfonamides is 1. The van der Waals surface area contributed by atoms with E-state index in [9.17, 15) is 18.3 Å². The van der Waals surface area contributed by atoms with E-state index in [0.29, 0.717) is 17.7 Å². The van der Waals surface area contributed by atoms with Crippen LogP contribution >= 0.6 is 0 Å². The molecular weight excluding hydrogens is 426 g/mol. The second-order valence-corrected chi connectivity index (χ2v) is 9.60. The van der Waals surface area contributed by atoms with Crippen molar-refractivity contribution in [3.63, 3.8) is 0 Å². The minimum absolute atomic E-state index is 0.116. The van der Waals surface area contributed by atoms with Gasteiger partial charge < -0.3 is 10.8 Å². The van der Waals surface area contributed by atoms with E-state index in [-0.39, 0.29) is 12.1 Å². The van der Waals surface area contributed by atoms with E-state index < -0.39 is 21.2 Å². The number of nitrogens with two attached hydrogens (primary N) is 1. The van der Waals surface area contributed by atoms with Crippen LogP contribution in [0, 0.1) is 0 Å². The number of aromatic nitrogens is 1. The third kappa shape index (κ3) is 7.26. The topological polar surface area (TPSA) is 122 Å². The maximum Gasteiger partial charge on any atom is 0.336 e. The third-order valence-electron chi connectivity index (χ3n) is 4.68. The minimum atomic E-state index is -3.39. The lowest BCUT2D eigenvalue weighted by molar-refractivity contribution is 0.0697. The molecule has 0 amide bonds. The molecule has 0 saturated heterocycles. The van der Waals surface area contributed by atoms with Gasteiger partial charge in [-0.2, -0.15) is 0 Å². The highest BCUT2D eigenvalue weighted by atomic mass is 32.2. The zero-order valence-corrected chi connectivity index (χ0v) is 19.0. The van der Waals surface area contributed by atoms with Gasteiger partial charge in [0, 0.05) is 24.9 Å². The first-order valence-electron chi connectivity index (χ1n) is 10.2. The smallest absolute Gasteiger partial charge is 0.336 e. The first-order valence-corrected chi connectivity index (χ1v) is 11.8. The molecule has 0 aliphatic carbocycles. The van der Waals surface area contributed by atoms with Crippen LogP contribution in [0.25, 0.3) is 11.1 Å². The normalized spacial score (nSPS) is 11.0. The van der Waals surface area contributed by atoms with Crippen molar-refractivity contribution in [1.82, 2.24) is 9.71 Å². The summed E-state index contributed by atoms with van der Waals surface area (Å²) in [6, 6.07) is 19.7. The van der Waals surface area contributed by atoms with Crippen molar-refractivity contribution in [3.05, 3.63) is 89.7 Å². The van der Waals surface area contributed by atoms with Gasteiger partial charge in [0.25, 0.3) is 0 Å². The van der Waals surface area contributed by atoms with Crippen LogP contribution in [0.1, 0.15) is 35.5 Å². The maximum absolute atomic E-state index is 11.9. The van der Waals surface area contributed by atoms with Gasteiger partial charge >= 0.3 is 5.97 Å². The summed E-state index contributed by atoms with van der Waals surface area (Å²) in [5.74, 6) is -1.02. The Labute approximate surface area is 189 Å². The lowest BCUT2D eigenvalue weighted by Crippen LogP contribution is -2.30. The van der Waals surface area contributed by atoms with Crippen molar-refractivity contribution < 1.29 is 18.3 Å². The number of aromatic carboxylic acids is 1. The van der Waals surface area contributed by atoms with Gasteiger partial charge in [-0.05, 0) is 55.3 Å². The molecular formula is C24H29N3O4S. The second kappa shape index (κ2) is 12.1. The van der Waals surface area contributed by atoms with Crippen molar-refractivity contribution in [2.45, 2.75) is 32.1 Å². The van der Waals surface area contributed by atoms with Gasteiger partial charge in [-0.25, -0.2) is 17.9 Å². The summed E-state index contributed by atoms with van der Waals surface area (Å²) in [4.78, 5) is 15.5. The molecule has 0 spiro atoms. The lowest BCUT2D eigenvalue weighted by atomic mass is 9.95. The predicted molar refractivity (Wildman–Crippen MR) is 127 cm³/mol. The highest BCUT2D eigenvalue weighted by Crippen LogP contribution is 2.27. The highest BCUT2D eigenvalue weighted by Gasteiger charge is 2.17. The fourth-order valence-corrected chi connectivity index (χ4v) is 3.57. The summed E-state index contributed by atoms with van der Waals surface area (Å²) in [5, 5.41) is 8.81. The Hall–Kier alpha value is -3.07. The fraction of sp³-hybridized carbons (Fsp3) is 0.250. The molecule has 32 heavy (non-hydrogen) atoms. The van der Waals surface area contributed by atoms with Crippen LogP contribution < -0.4 is 10.5 Å². The van der Waals surface area contributed by atoms with Crippen LogP contribution in [0.15, 0.2) is 72.9 Å². The quantitative estimate of drug-likeness (QED) is 0.478. The summed E-state index contributed by atoms with van der Waals surface area (Å²) < 4.78 is 26.4. The van der Waals surface area contributed by atoms with Crippen molar-refractivity contribution in [1.29, 1.82) is 0 Å². The van der Waals surface area contributed by atoms with E-state index in [1.807, 2.05) is 18.2 Å². The van der Waals surface area contributed by atoms with Crippen molar-refractivity contribution in [2.75, 3.05) is 6.54 Å². The third-order valence-corrected chi connectivity index (χ3v) is 6.46. The number of benzene rings is 2. The molecule has 0 aliphatic rings. The Kier molecular flexibility index (Phi) is 9.52. The van der Waals surface area contributed by atoms with E-state index in [1.54, 1.807) is 62.5 Å². The molecule has 4 N–H and O–H groups in total. The molecule has 3 aromatic rings. The van der Waals surface area contributed by atoms with Crippen LogP contribution in [0.5, 0.6) is 0 Å². The maximum atomic E-state index is 11.9. The molecule has 0 saturated carbocycles. The van der Waals surface area contributed by atoms with Crippen LogP contribution in [0.3, 0.4) is 0 Å². The molecule has 0 radical (unpaired) electrons. The van der Waals surface area contributed by atoms with Gasteiger partial charge in [0.15, 0.2) is 0 Å². The first-order chi connectivity index (χ1) is 15.3. The van der Waals surface area contributed by atoms with E-state index in [4.69, 9.17) is 5.73 Å². The van der Waals surface area contributed by atoms with Gasteiger partial charge in [0.05, 0.1) is 10.8 Å². The van der Waals surface area contributed by atoms with Gasteiger partial charge in [-0.1, -0.05) is 48.5 Å². The van der Waals surface area contributed by atoms with Gasteiger partial charge in [-0.15, -0.1) is 0 Å². The van der Waals surface area contributed by atoms with E-state index in [2.05, 4.69) is 9.71 Å². The summed E-state index contributed by atoms with van der Waals surface area (Å²) in [5.41, 5.74) is 8.58. The van der Waals surface area contributed by atoms with Crippen molar-refractivity contribution >= 4 is 16.0 Å². The minimum Gasteiger partial charge on any atom is -0.478 e. The van der Waals surface area contributed by atoms with Gasteiger partial charge in [0.2, 0.25) is 10.0 Å². The summed E-state index contributed by atoms with van der Waals surface area (Å²) in [6.45, 7) is 4.00. The molecule has 0 aliphatic heterocycles. The average Bonchev–Trinajstić information content (AvgIpc) is 2.79. The van der Waals surface area contributed by atoms with Crippen molar-refractivity contribution in [2.24, 2.45) is 5.73 Å². The van der Waals surface area contributed by atoms with Gasteiger partial charge in [-0.3, -0.25) is 4.98 Å². The highest BCUT2D eigenvalue weighted by molar-refractivity contribution is 7.90. The number of carboxylic acids is 1. The Balaban J connectivity index is 0.000000336. The first kappa shape index (κ1) is 25.2. The molecule has 3 rings (SSSR count). The Morgan fingerprint density at radius 2 is 1.62 bits per heavy atom. The standard InChI is InChI=1S/C17H19NO4S.C7H10N2/c1-12(2)23(21,22)18-11-13-7-3-4-8-14(13)15-9-5-6-10-16(15)17(19)20;8-5-4-7-3-1-2-6-9-7/h3-10,12,18H,11H2,1-2H3,(H,19,20);1-3,6H,4-5,8H2. The SMILES string of the molecule is CC(C)S(=O)(=O)NCc1ccccc1-c1ccccc1C(=O)O.NCCc1ccccn1. The number of carboxylic acid groups (broad SMARTS) is 1. The second-order valence-electron chi connectivity index (χ2n) is 7.28. The number of carbonyl (C=O) groups is 1. The summed E-state index contributed by atoms with van der Waals surface area (Å²) in [6.07, 6.45) is 2.66. The molecule has 0 unspecified atom stereocenters. The number of hydrogen-bond acceptors (Lipinski definition) is 5. The average molecular weight is 456 g/mol. The van der Waals surface area contributed by atoms with Crippen molar-refractivity contribution in [3.8, 4) is 11.1 Å². The molecule has 2 aromatic carbocycles. The molecule has 1 aromatic heterocycles. The van der Waals surface area contributed by atoms with Crippen LogP contribution in [-0.4, -0.2) is 36.3 Å². The molecule has 1 heterocycles. The molecule has 8 heteroatoms. The predicted octanol–water partition coefficient (Wildman–Crippen LogP) is 3.46. The number of rotatable bonds is 8. The van der Waals surface area contributed by atoms with Crippen LogP contribution in [-0.2, 0) is 23.0 Å². The van der Waals surface area contributed by atoms with Gasteiger partial charge in [0.1, 0.15) is 0 Å².